The largest absolute Gasteiger partial charge is 0.325 e. The fourth-order valence-corrected chi connectivity index (χ4v) is 2.12. The minimum Gasteiger partial charge on any atom is -0.325 e. The van der Waals surface area contributed by atoms with Crippen molar-refractivity contribution >= 4 is 29.3 Å². The molecule has 0 bridgehead atoms. The normalized spacial score (nSPS) is 10.6. The summed E-state index contributed by atoms with van der Waals surface area (Å²) in [5.41, 5.74) is 9.60. The Morgan fingerprint density at radius 3 is 2.38 bits per heavy atom. The van der Waals surface area contributed by atoms with Gasteiger partial charge in [-0.05, 0) is 49.2 Å². The van der Waals surface area contributed by atoms with Crippen LogP contribution < -0.4 is 16.4 Å². The van der Waals surface area contributed by atoms with E-state index < -0.39 is 0 Å². The van der Waals surface area contributed by atoms with Gasteiger partial charge in [-0.1, -0.05) is 29.8 Å². The van der Waals surface area contributed by atoms with Crippen molar-refractivity contribution in [3.05, 3.63) is 65.2 Å². The van der Waals surface area contributed by atoms with Crippen molar-refractivity contribution in [3.63, 3.8) is 0 Å². The van der Waals surface area contributed by atoms with Crippen molar-refractivity contribution in [2.24, 2.45) is 5.73 Å². The number of amides is 2. The molecule has 0 saturated heterocycles. The van der Waals surface area contributed by atoms with E-state index in [1.807, 2.05) is 38.1 Å². The standard InChI is InChI=1S/C19H21N3O2/c1-13-3-5-15(6-4-13)7-10-18(23)22-17-9-8-16(11-14(17)2)21-19(24)12-20/h3-11H,12,20H2,1-2H3,(H,21,24)(H,22,23)/b10-7+. The van der Waals surface area contributed by atoms with Gasteiger partial charge < -0.3 is 16.4 Å². The van der Waals surface area contributed by atoms with Gasteiger partial charge in [0.25, 0.3) is 0 Å². The topological polar surface area (TPSA) is 84.2 Å². The van der Waals surface area contributed by atoms with E-state index in [2.05, 4.69) is 10.6 Å². The van der Waals surface area contributed by atoms with Gasteiger partial charge in [0.05, 0.1) is 6.54 Å². The minimum atomic E-state index is -0.257. The summed E-state index contributed by atoms with van der Waals surface area (Å²) in [6, 6.07) is 13.2. The molecule has 0 atom stereocenters. The van der Waals surface area contributed by atoms with Crippen LogP contribution in [0.2, 0.25) is 0 Å². The lowest BCUT2D eigenvalue weighted by molar-refractivity contribution is -0.115. The number of nitrogens with two attached hydrogens (primary N) is 1. The van der Waals surface area contributed by atoms with Gasteiger partial charge in [0, 0.05) is 17.5 Å². The van der Waals surface area contributed by atoms with Gasteiger partial charge in [-0.3, -0.25) is 9.59 Å². The van der Waals surface area contributed by atoms with Gasteiger partial charge in [0.1, 0.15) is 0 Å². The van der Waals surface area contributed by atoms with E-state index in [-0.39, 0.29) is 18.4 Å². The lowest BCUT2D eigenvalue weighted by atomic mass is 10.1. The average molecular weight is 323 g/mol. The fourth-order valence-electron chi connectivity index (χ4n) is 2.12. The lowest BCUT2D eigenvalue weighted by Gasteiger charge is -2.09. The summed E-state index contributed by atoms with van der Waals surface area (Å²) in [7, 11) is 0. The summed E-state index contributed by atoms with van der Waals surface area (Å²) >= 11 is 0. The number of carbonyl (C=O) groups is 2. The van der Waals surface area contributed by atoms with Crippen LogP contribution in [0.5, 0.6) is 0 Å². The number of hydrogen-bond acceptors (Lipinski definition) is 3. The zero-order chi connectivity index (χ0) is 17.5. The van der Waals surface area contributed by atoms with Crippen LogP contribution in [-0.4, -0.2) is 18.4 Å². The predicted octanol–water partition coefficient (Wildman–Crippen LogP) is 2.85. The number of aryl methyl sites for hydroxylation is 2. The monoisotopic (exact) mass is 323 g/mol. The molecule has 0 aliphatic carbocycles. The summed E-state index contributed by atoms with van der Waals surface area (Å²) in [4.78, 5) is 23.3. The molecule has 24 heavy (non-hydrogen) atoms. The molecule has 2 aromatic rings. The van der Waals surface area contributed by atoms with E-state index in [0.717, 1.165) is 11.1 Å². The number of benzene rings is 2. The first kappa shape index (κ1) is 17.4. The van der Waals surface area contributed by atoms with Crippen molar-refractivity contribution in [1.82, 2.24) is 0 Å². The zero-order valence-electron chi connectivity index (χ0n) is 13.8. The van der Waals surface area contributed by atoms with Gasteiger partial charge in [-0.25, -0.2) is 0 Å². The average Bonchev–Trinajstić information content (AvgIpc) is 2.56. The molecule has 0 fully saturated rings. The summed E-state index contributed by atoms with van der Waals surface area (Å²) in [6.45, 7) is 3.81. The number of hydrogen-bond donors (Lipinski definition) is 3. The fraction of sp³-hybridized carbons (Fsp3) is 0.158. The van der Waals surface area contributed by atoms with Crippen molar-refractivity contribution in [2.75, 3.05) is 17.2 Å². The number of anilines is 2. The molecule has 2 amide bonds. The molecule has 2 aromatic carbocycles. The SMILES string of the molecule is Cc1ccc(/C=C/C(=O)Nc2ccc(NC(=O)CN)cc2C)cc1. The van der Waals surface area contributed by atoms with Gasteiger partial charge in [0.15, 0.2) is 0 Å². The molecular weight excluding hydrogens is 302 g/mol. The van der Waals surface area contributed by atoms with E-state index in [4.69, 9.17) is 5.73 Å². The molecule has 5 heteroatoms. The molecule has 0 aliphatic heterocycles. The highest BCUT2D eigenvalue weighted by Crippen LogP contribution is 2.19. The Bertz CT molecular complexity index is 765. The highest BCUT2D eigenvalue weighted by molar-refractivity contribution is 6.02. The molecule has 0 heterocycles. The van der Waals surface area contributed by atoms with Crippen molar-refractivity contribution in [3.8, 4) is 0 Å². The molecule has 0 unspecified atom stereocenters. The van der Waals surface area contributed by atoms with Crippen LogP contribution in [0.1, 0.15) is 16.7 Å². The maximum absolute atomic E-state index is 12.0. The molecule has 0 aromatic heterocycles. The molecule has 0 radical (unpaired) electrons. The second kappa shape index (κ2) is 8.08. The Hall–Kier alpha value is -2.92. The summed E-state index contributed by atoms with van der Waals surface area (Å²) < 4.78 is 0. The predicted molar refractivity (Wildman–Crippen MR) is 97.7 cm³/mol. The molecule has 0 spiro atoms. The maximum atomic E-state index is 12.0. The van der Waals surface area contributed by atoms with Crippen LogP contribution in [0.3, 0.4) is 0 Å². The first-order chi connectivity index (χ1) is 11.5. The molecule has 4 N–H and O–H groups in total. The molecular formula is C19H21N3O2. The minimum absolute atomic E-state index is 0.0681. The first-order valence-corrected chi connectivity index (χ1v) is 7.64. The van der Waals surface area contributed by atoms with Crippen LogP contribution in [0.4, 0.5) is 11.4 Å². The zero-order valence-corrected chi connectivity index (χ0v) is 13.8. The van der Waals surface area contributed by atoms with Crippen LogP contribution in [0, 0.1) is 13.8 Å². The first-order valence-electron chi connectivity index (χ1n) is 7.64. The third-order valence-corrected chi connectivity index (χ3v) is 3.46. The Morgan fingerprint density at radius 2 is 1.75 bits per heavy atom. The van der Waals surface area contributed by atoms with Crippen LogP contribution in [0.15, 0.2) is 48.5 Å². The van der Waals surface area contributed by atoms with Gasteiger partial charge in [-0.15, -0.1) is 0 Å². The molecule has 0 saturated carbocycles. The van der Waals surface area contributed by atoms with E-state index in [0.29, 0.717) is 11.4 Å². The highest BCUT2D eigenvalue weighted by atomic mass is 16.2. The second-order valence-electron chi connectivity index (χ2n) is 5.52. The van der Waals surface area contributed by atoms with Crippen LogP contribution in [0.25, 0.3) is 6.08 Å². The van der Waals surface area contributed by atoms with Gasteiger partial charge in [-0.2, -0.15) is 0 Å². The smallest absolute Gasteiger partial charge is 0.248 e. The third-order valence-electron chi connectivity index (χ3n) is 3.46. The van der Waals surface area contributed by atoms with E-state index in [1.54, 1.807) is 24.3 Å². The Balaban J connectivity index is 2.00. The van der Waals surface area contributed by atoms with E-state index >= 15 is 0 Å². The van der Waals surface area contributed by atoms with Gasteiger partial charge >= 0.3 is 0 Å². The van der Waals surface area contributed by atoms with Crippen molar-refractivity contribution in [1.29, 1.82) is 0 Å². The lowest BCUT2D eigenvalue weighted by Crippen LogP contribution is -2.21. The van der Waals surface area contributed by atoms with Crippen LogP contribution in [-0.2, 0) is 9.59 Å². The second-order valence-corrected chi connectivity index (χ2v) is 5.52. The summed E-state index contributed by atoms with van der Waals surface area (Å²) in [5, 5.41) is 5.50. The highest BCUT2D eigenvalue weighted by Gasteiger charge is 2.05. The number of carbonyl (C=O) groups excluding carboxylic acids is 2. The number of nitrogens with one attached hydrogen (secondary N) is 2. The molecule has 0 aliphatic rings. The summed E-state index contributed by atoms with van der Waals surface area (Å²) in [5.74, 6) is -0.468. The van der Waals surface area contributed by atoms with Crippen molar-refractivity contribution < 1.29 is 9.59 Å². The van der Waals surface area contributed by atoms with E-state index in [1.165, 1.54) is 11.6 Å². The van der Waals surface area contributed by atoms with Crippen LogP contribution >= 0.6 is 0 Å². The maximum Gasteiger partial charge on any atom is 0.248 e. The summed E-state index contributed by atoms with van der Waals surface area (Å²) in [6.07, 6.45) is 3.26. The third kappa shape index (κ3) is 5.07. The Morgan fingerprint density at radius 1 is 1.04 bits per heavy atom. The molecule has 2 rings (SSSR count). The quantitative estimate of drug-likeness (QED) is 0.740. The van der Waals surface area contributed by atoms with Crippen molar-refractivity contribution in [2.45, 2.75) is 13.8 Å². The van der Waals surface area contributed by atoms with E-state index in [9.17, 15) is 9.59 Å². The molecule has 124 valence electrons. The molecule has 5 nitrogen and oxygen atoms in total. The van der Waals surface area contributed by atoms with Gasteiger partial charge in [0.2, 0.25) is 11.8 Å². The Labute approximate surface area is 141 Å². The number of rotatable bonds is 5. The Kier molecular flexibility index (Phi) is 5.87.